The fourth-order valence-corrected chi connectivity index (χ4v) is 6.08. The van der Waals surface area contributed by atoms with Crippen LogP contribution in [0.1, 0.15) is 94.3 Å². The zero-order valence-electron chi connectivity index (χ0n) is 20.1. The highest BCUT2D eigenvalue weighted by Gasteiger charge is 2.35. The zero-order chi connectivity index (χ0) is 22.5. The summed E-state index contributed by atoms with van der Waals surface area (Å²) >= 11 is 0. The molecule has 0 N–H and O–H groups in total. The van der Waals surface area contributed by atoms with Gasteiger partial charge in [0.2, 0.25) is 0 Å². The molecule has 0 amide bonds. The monoisotopic (exact) mass is 426 g/mol. The van der Waals surface area contributed by atoms with Gasteiger partial charge in [-0.15, -0.1) is 0 Å². The number of benzene rings is 2. The van der Waals surface area contributed by atoms with Gasteiger partial charge >= 0.3 is 0 Å². The van der Waals surface area contributed by atoms with E-state index in [1.807, 2.05) is 12.1 Å². The van der Waals surface area contributed by atoms with E-state index in [1.165, 1.54) is 22.0 Å². The van der Waals surface area contributed by atoms with Crippen molar-refractivity contribution in [3.05, 3.63) is 58.7 Å². The summed E-state index contributed by atoms with van der Waals surface area (Å²) in [5.74, 6) is 1.15. The lowest BCUT2D eigenvalue weighted by molar-refractivity contribution is 0.101. The molecule has 0 bridgehead atoms. The average molecular weight is 427 g/mol. The molecule has 0 saturated carbocycles. The summed E-state index contributed by atoms with van der Waals surface area (Å²) in [6.07, 6.45) is 4.42. The number of aryl methyl sites for hydroxylation is 1. The van der Waals surface area contributed by atoms with Crippen molar-refractivity contribution in [2.45, 2.75) is 84.7 Å². The molecule has 2 aromatic rings. The smallest absolute Gasteiger partial charge is 0.160 e. The molecular formula is C27H39O2P. The van der Waals surface area contributed by atoms with Crippen LogP contribution in [0.5, 0.6) is 5.75 Å². The van der Waals surface area contributed by atoms with Crippen molar-refractivity contribution in [2.24, 2.45) is 0 Å². The van der Waals surface area contributed by atoms with Crippen molar-refractivity contribution >= 4 is 19.7 Å². The Balaban J connectivity index is 2.76. The van der Waals surface area contributed by atoms with Gasteiger partial charge in [0.05, 0.1) is 7.11 Å². The highest BCUT2D eigenvalue weighted by atomic mass is 31.1. The third-order valence-electron chi connectivity index (χ3n) is 6.10. The Kier molecular flexibility index (Phi) is 8.28. The topological polar surface area (TPSA) is 26.3 Å². The lowest BCUT2D eigenvalue weighted by Gasteiger charge is -2.37. The maximum atomic E-state index is 12.3. The van der Waals surface area contributed by atoms with Gasteiger partial charge in [0.1, 0.15) is 5.75 Å². The number of unbranched alkanes of at least 4 members (excludes halogenated alkanes) is 1. The first-order chi connectivity index (χ1) is 14.1. The summed E-state index contributed by atoms with van der Waals surface area (Å²) in [6.45, 7) is 15.2. The molecule has 2 rings (SSSR count). The summed E-state index contributed by atoms with van der Waals surface area (Å²) in [5, 5.41) is 1.13. The quantitative estimate of drug-likeness (QED) is 0.310. The second-order valence-corrected chi connectivity index (χ2v) is 11.1. The second-order valence-electron chi connectivity index (χ2n) is 9.39. The average Bonchev–Trinajstić information content (AvgIpc) is 2.70. The van der Waals surface area contributed by atoms with Gasteiger partial charge in [0, 0.05) is 16.3 Å². The molecule has 0 radical (unpaired) electrons. The molecular weight excluding hydrogens is 387 g/mol. The van der Waals surface area contributed by atoms with Gasteiger partial charge in [0.25, 0.3) is 0 Å². The fourth-order valence-electron chi connectivity index (χ4n) is 4.19. The lowest BCUT2D eigenvalue weighted by Crippen LogP contribution is -2.26. The first kappa shape index (κ1) is 24.6. The van der Waals surface area contributed by atoms with E-state index in [0.29, 0.717) is 8.58 Å². The van der Waals surface area contributed by atoms with Crippen molar-refractivity contribution in [3.63, 3.8) is 0 Å². The Labute approximate surface area is 185 Å². The Morgan fingerprint density at radius 1 is 1.10 bits per heavy atom. The van der Waals surface area contributed by atoms with Crippen LogP contribution in [0.15, 0.2) is 36.4 Å². The van der Waals surface area contributed by atoms with Crippen LogP contribution in [0.3, 0.4) is 0 Å². The van der Waals surface area contributed by atoms with E-state index in [4.69, 9.17) is 4.74 Å². The maximum absolute atomic E-state index is 12.3. The molecule has 0 fully saturated rings. The maximum Gasteiger partial charge on any atom is 0.160 e. The normalized spacial score (nSPS) is 14.1. The molecule has 0 spiro atoms. The van der Waals surface area contributed by atoms with Crippen LogP contribution in [-0.2, 0) is 10.6 Å². The van der Waals surface area contributed by atoms with Crippen LogP contribution in [-0.4, -0.2) is 12.9 Å². The summed E-state index contributed by atoms with van der Waals surface area (Å²) < 4.78 is 5.98. The van der Waals surface area contributed by atoms with E-state index in [1.54, 1.807) is 14.0 Å². The number of ether oxygens (including phenoxy) is 1. The number of Topliss-reactive ketones (excluding diaryl/α,β-unsaturated/α-hetero) is 1. The minimum absolute atomic E-state index is 0.0427. The van der Waals surface area contributed by atoms with Crippen LogP contribution in [0, 0.1) is 6.92 Å². The van der Waals surface area contributed by atoms with E-state index < -0.39 is 0 Å². The number of methoxy groups -OCH3 is 1. The first-order valence-corrected chi connectivity index (χ1v) is 12.2. The van der Waals surface area contributed by atoms with Crippen molar-refractivity contribution in [3.8, 4) is 5.75 Å². The molecule has 2 unspecified atom stereocenters. The van der Waals surface area contributed by atoms with Crippen molar-refractivity contribution < 1.29 is 9.53 Å². The summed E-state index contributed by atoms with van der Waals surface area (Å²) in [5.41, 5.74) is 4.76. The Morgan fingerprint density at radius 2 is 1.77 bits per heavy atom. The van der Waals surface area contributed by atoms with Crippen molar-refractivity contribution in [2.75, 3.05) is 7.11 Å². The Hall–Kier alpha value is -1.66. The molecule has 30 heavy (non-hydrogen) atoms. The van der Waals surface area contributed by atoms with Gasteiger partial charge in [-0.2, -0.15) is 0 Å². The van der Waals surface area contributed by atoms with E-state index in [-0.39, 0.29) is 16.4 Å². The molecule has 2 atom stereocenters. The highest BCUT2D eigenvalue weighted by molar-refractivity contribution is 7.48. The zero-order valence-corrected chi connectivity index (χ0v) is 21.1. The molecule has 0 aliphatic heterocycles. The second kappa shape index (κ2) is 10.1. The van der Waals surface area contributed by atoms with Gasteiger partial charge in [-0.1, -0.05) is 92.4 Å². The van der Waals surface area contributed by atoms with Crippen LogP contribution >= 0.6 is 8.58 Å². The standard InChI is InChI=1S/C27H39O2P/c1-9-11-16-27(10-2,30-24-15-13-12-14-22(24)20(4)28)23-18-21(26(5,6)7)17-19(3)25(23)29-8/h12-15,17-18,30H,9-11,16H2,1-8H3. The number of carbonyl (C=O) groups is 1. The van der Waals surface area contributed by atoms with E-state index >= 15 is 0 Å². The van der Waals surface area contributed by atoms with Crippen LogP contribution < -0.4 is 10.0 Å². The third kappa shape index (κ3) is 5.33. The fraction of sp³-hybridized carbons (Fsp3) is 0.519. The summed E-state index contributed by atoms with van der Waals surface area (Å²) in [4.78, 5) is 12.3. The predicted octanol–water partition coefficient (Wildman–Crippen LogP) is 7.30. The van der Waals surface area contributed by atoms with Crippen LogP contribution in [0.25, 0.3) is 0 Å². The van der Waals surface area contributed by atoms with Crippen LogP contribution in [0.4, 0.5) is 0 Å². The summed E-state index contributed by atoms with van der Waals surface area (Å²) in [6, 6.07) is 12.8. The Morgan fingerprint density at radius 3 is 2.30 bits per heavy atom. The first-order valence-electron chi connectivity index (χ1n) is 11.2. The molecule has 2 aromatic carbocycles. The molecule has 0 heterocycles. The minimum atomic E-state index is -0.0427. The molecule has 0 aromatic heterocycles. The SMILES string of the molecule is CCCCC(CC)(Pc1ccccc1C(C)=O)c1cc(C(C)(C)C)cc(C)c1OC. The summed E-state index contributed by atoms with van der Waals surface area (Å²) in [7, 11) is 2.31. The van der Waals surface area contributed by atoms with Gasteiger partial charge in [-0.3, -0.25) is 4.79 Å². The van der Waals surface area contributed by atoms with Gasteiger partial charge in [-0.05, 0) is 48.5 Å². The predicted molar refractivity (Wildman–Crippen MR) is 132 cm³/mol. The van der Waals surface area contributed by atoms with E-state index in [2.05, 4.69) is 65.8 Å². The van der Waals surface area contributed by atoms with E-state index in [0.717, 1.165) is 37.0 Å². The molecule has 0 saturated heterocycles. The Bertz CT molecular complexity index is 879. The highest BCUT2D eigenvalue weighted by Crippen LogP contribution is 2.52. The molecule has 2 nitrogen and oxygen atoms in total. The molecule has 3 heteroatoms. The van der Waals surface area contributed by atoms with Gasteiger partial charge in [0.15, 0.2) is 5.78 Å². The minimum Gasteiger partial charge on any atom is -0.496 e. The van der Waals surface area contributed by atoms with Gasteiger partial charge < -0.3 is 4.74 Å². The van der Waals surface area contributed by atoms with E-state index in [9.17, 15) is 4.79 Å². The molecule has 0 aliphatic rings. The van der Waals surface area contributed by atoms with Crippen LogP contribution in [0.2, 0.25) is 0 Å². The number of hydrogen-bond acceptors (Lipinski definition) is 2. The number of ketones is 1. The largest absolute Gasteiger partial charge is 0.496 e. The third-order valence-corrected chi connectivity index (χ3v) is 8.16. The number of hydrogen-bond donors (Lipinski definition) is 0. The molecule has 0 aliphatic carbocycles. The lowest BCUT2D eigenvalue weighted by atomic mass is 9.80. The molecule has 164 valence electrons. The number of rotatable bonds is 9. The van der Waals surface area contributed by atoms with Gasteiger partial charge in [-0.25, -0.2) is 0 Å². The number of carbonyl (C=O) groups excluding carboxylic acids is 1. The van der Waals surface area contributed by atoms with Crippen molar-refractivity contribution in [1.29, 1.82) is 0 Å². The van der Waals surface area contributed by atoms with Crippen molar-refractivity contribution in [1.82, 2.24) is 0 Å².